The maximum absolute atomic E-state index is 12.0. The van der Waals surface area contributed by atoms with Gasteiger partial charge in [-0.15, -0.1) is 0 Å². The molecule has 0 saturated heterocycles. The quantitative estimate of drug-likeness (QED) is 0.713. The van der Waals surface area contributed by atoms with Crippen LogP contribution in [0.15, 0.2) is 53.5 Å². The van der Waals surface area contributed by atoms with Crippen LogP contribution in [0.3, 0.4) is 0 Å². The monoisotopic (exact) mass is 264 g/mol. The summed E-state index contributed by atoms with van der Waals surface area (Å²) in [5, 5.41) is 1.10. The lowest BCUT2D eigenvalue weighted by Crippen LogP contribution is -2.19. The second-order valence-corrected chi connectivity index (χ2v) is 5.11. The van der Waals surface area contributed by atoms with Gasteiger partial charge in [0.1, 0.15) is 0 Å². The standard InChI is InChI=1S/C17H16N2O/c1-12-7-8-19(17(20)9-12)11-14-10-13(2)18-16-6-4-3-5-15(14)16/h3-10H,11H2,1-2H3. The van der Waals surface area contributed by atoms with Gasteiger partial charge >= 0.3 is 0 Å². The number of aromatic nitrogens is 2. The summed E-state index contributed by atoms with van der Waals surface area (Å²) in [5.41, 5.74) is 4.09. The Labute approximate surface area is 117 Å². The highest BCUT2D eigenvalue weighted by molar-refractivity contribution is 5.82. The van der Waals surface area contributed by atoms with Crippen LogP contribution in [0.5, 0.6) is 0 Å². The van der Waals surface area contributed by atoms with Gasteiger partial charge in [0.25, 0.3) is 5.56 Å². The molecule has 0 aliphatic rings. The molecule has 3 nitrogen and oxygen atoms in total. The molecule has 0 unspecified atom stereocenters. The zero-order valence-corrected chi connectivity index (χ0v) is 11.6. The zero-order valence-electron chi connectivity index (χ0n) is 11.6. The number of rotatable bonds is 2. The van der Waals surface area contributed by atoms with Gasteiger partial charge in [0.05, 0.1) is 12.1 Å². The zero-order chi connectivity index (χ0) is 14.1. The van der Waals surface area contributed by atoms with Crippen molar-refractivity contribution >= 4 is 10.9 Å². The number of hydrogen-bond donors (Lipinski definition) is 0. The van der Waals surface area contributed by atoms with Gasteiger partial charge in [0.15, 0.2) is 0 Å². The summed E-state index contributed by atoms with van der Waals surface area (Å²) >= 11 is 0. The molecule has 0 fully saturated rings. The predicted molar refractivity (Wildman–Crippen MR) is 81.0 cm³/mol. The SMILES string of the molecule is Cc1ccn(Cc2cc(C)nc3ccccc23)c(=O)c1. The number of aryl methyl sites for hydroxylation is 2. The van der Waals surface area contributed by atoms with Gasteiger partial charge in [-0.3, -0.25) is 9.78 Å². The van der Waals surface area contributed by atoms with Crippen molar-refractivity contribution < 1.29 is 0 Å². The highest BCUT2D eigenvalue weighted by Gasteiger charge is 2.05. The van der Waals surface area contributed by atoms with E-state index in [1.54, 1.807) is 10.6 Å². The number of benzene rings is 1. The summed E-state index contributed by atoms with van der Waals surface area (Å²) in [6, 6.07) is 13.7. The van der Waals surface area contributed by atoms with Crippen LogP contribution < -0.4 is 5.56 Å². The molecule has 3 heteroatoms. The van der Waals surface area contributed by atoms with Gasteiger partial charge in [-0.2, -0.15) is 0 Å². The van der Waals surface area contributed by atoms with E-state index in [4.69, 9.17) is 0 Å². The Hall–Kier alpha value is -2.42. The van der Waals surface area contributed by atoms with Crippen LogP contribution in [0.1, 0.15) is 16.8 Å². The van der Waals surface area contributed by atoms with Crippen molar-refractivity contribution in [1.29, 1.82) is 0 Å². The molecule has 2 aromatic heterocycles. The molecule has 3 rings (SSSR count). The first-order valence-electron chi connectivity index (χ1n) is 6.66. The fourth-order valence-corrected chi connectivity index (χ4v) is 2.45. The number of fused-ring (bicyclic) bond motifs is 1. The number of hydrogen-bond acceptors (Lipinski definition) is 2. The third-order valence-corrected chi connectivity index (χ3v) is 3.42. The third kappa shape index (κ3) is 2.35. The van der Waals surface area contributed by atoms with Gasteiger partial charge in [-0.25, -0.2) is 0 Å². The van der Waals surface area contributed by atoms with E-state index >= 15 is 0 Å². The van der Waals surface area contributed by atoms with E-state index in [0.717, 1.165) is 27.7 Å². The van der Waals surface area contributed by atoms with E-state index in [9.17, 15) is 4.79 Å². The molecule has 0 aliphatic heterocycles. The average molecular weight is 264 g/mol. The Balaban J connectivity index is 2.13. The molecule has 0 atom stereocenters. The Kier molecular flexibility index (Phi) is 3.11. The molecule has 0 amide bonds. The fraction of sp³-hybridized carbons (Fsp3) is 0.176. The van der Waals surface area contributed by atoms with E-state index in [1.807, 2.05) is 44.3 Å². The summed E-state index contributed by atoms with van der Waals surface area (Å²) in [6.07, 6.45) is 1.85. The number of nitrogens with zero attached hydrogens (tertiary/aromatic N) is 2. The maximum Gasteiger partial charge on any atom is 0.251 e. The summed E-state index contributed by atoms with van der Waals surface area (Å²) < 4.78 is 1.73. The summed E-state index contributed by atoms with van der Waals surface area (Å²) in [6.45, 7) is 4.48. The Morgan fingerprint density at radius 2 is 1.90 bits per heavy atom. The minimum Gasteiger partial charge on any atom is -0.311 e. The van der Waals surface area contributed by atoms with E-state index in [2.05, 4.69) is 17.1 Å². The summed E-state index contributed by atoms with van der Waals surface area (Å²) in [4.78, 5) is 16.5. The van der Waals surface area contributed by atoms with Crippen molar-refractivity contribution in [3.05, 3.63) is 75.8 Å². The highest BCUT2D eigenvalue weighted by Crippen LogP contribution is 2.18. The molecule has 0 saturated carbocycles. The molecule has 100 valence electrons. The highest BCUT2D eigenvalue weighted by atomic mass is 16.1. The van der Waals surface area contributed by atoms with Crippen LogP contribution in [0.4, 0.5) is 0 Å². The molecular weight excluding hydrogens is 248 g/mol. The molecule has 2 heterocycles. The molecule has 1 aromatic carbocycles. The topological polar surface area (TPSA) is 34.9 Å². The third-order valence-electron chi connectivity index (χ3n) is 3.42. The normalized spacial score (nSPS) is 10.9. The maximum atomic E-state index is 12.0. The van der Waals surface area contributed by atoms with Crippen LogP contribution >= 0.6 is 0 Å². The lowest BCUT2D eigenvalue weighted by molar-refractivity contribution is 0.760. The van der Waals surface area contributed by atoms with E-state index < -0.39 is 0 Å². The summed E-state index contributed by atoms with van der Waals surface area (Å²) in [7, 11) is 0. The second-order valence-electron chi connectivity index (χ2n) is 5.11. The minimum absolute atomic E-state index is 0.0311. The molecule has 0 spiro atoms. The lowest BCUT2D eigenvalue weighted by Gasteiger charge is -2.10. The van der Waals surface area contributed by atoms with E-state index in [0.29, 0.717) is 6.54 Å². The largest absolute Gasteiger partial charge is 0.311 e. The molecule has 0 N–H and O–H groups in total. The predicted octanol–water partition coefficient (Wildman–Crippen LogP) is 3.06. The number of pyridine rings is 2. The first-order valence-corrected chi connectivity index (χ1v) is 6.66. The Bertz CT molecular complexity index is 834. The van der Waals surface area contributed by atoms with Gasteiger partial charge in [0, 0.05) is 23.3 Å². The Morgan fingerprint density at radius 3 is 2.70 bits per heavy atom. The van der Waals surface area contributed by atoms with E-state index in [1.165, 1.54) is 0 Å². The molecule has 0 bridgehead atoms. The van der Waals surface area contributed by atoms with Gasteiger partial charge < -0.3 is 4.57 Å². The second kappa shape index (κ2) is 4.93. The van der Waals surface area contributed by atoms with Crippen molar-refractivity contribution in [2.45, 2.75) is 20.4 Å². The first-order chi connectivity index (χ1) is 9.63. The van der Waals surface area contributed by atoms with Crippen molar-refractivity contribution in [1.82, 2.24) is 9.55 Å². The van der Waals surface area contributed by atoms with Gasteiger partial charge in [-0.1, -0.05) is 18.2 Å². The van der Waals surface area contributed by atoms with Crippen LogP contribution in [0.2, 0.25) is 0 Å². The molecule has 0 aliphatic carbocycles. The lowest BCUT2D eigenvalue weighted by atomic mass is 10.1. The molecule has 20 heavy (non-hydrogen) atoms. The van der Waals surface area contributed by atoms with Crippen LogP contribution in [0, 0.1) is 13.8 Å². The van der Waals surface area contributed by atoms with Crippen molar-refractivity contribution in [3.63, 3.8) is 0 Å². The average Bonchev–Trinajstić information content (AvgIpc) is 2.41. The molecule has 3 aromatic rings. The van der Waals surface area contributed by atoms with Crippen LogP contribution in [-0.2, 0) is 6.54 Å². The van der Waals surface area contributed by atoms with Crippen LogP contribution in [-0.4, -0.2) is 9.55 Å². The van der Waals surface area contributed by atoms with Crippen LogP contribution in [0.25, 0.3) is 10.9 Å². The smallest absolute Gasteiger partial charge is 0.251 e. The molecular formula is C17H16N2O. The van der Waals surface area contributed by atoms with Gasteiger partial charge in [-0.05, 0) is 43.2 Å². The first kappa shape index (κ1) is 12.6. The number of para-hydroxylation sites is 1. The van der Waals surface area contributed by atoms with Gasteiger partial charge in [0.2, 0.25) is 0 Å². The fourth-order valence-electron chi connectivity index (χ4n) is 2.45. The Morgan fingerprint density at radius 1 is 1.10 bits per heavy atom. The minimum atomic E-state index is 0.0311. The van der Waals surface area contributed by atoms with Crippen molar-refractivity contribution in [3.8, 4) is 0 Å². The summed E-state index contributed by atoms with van der Waals surface area (Å²) in [5.74, 6) is 0. The van der Waals surface area contributed by atoms with E-state index in [-0.39, 0.29) is 5.56 Å². The van der Waals surface area contributed by atoms with Crippen molar-refractivity contribution in [2.75, 3.05) is 0 Å². The molecule has 0 radical (unpaired) electrons. The van der Waals surface area contributed by atoms with Crippen molar-refractivity contribution in [2.24, 2.45) is 0 Å².